The van der Waals surface area contributed by atoms with Crippen molar-refractivity contribution in [2.24, 2.45) is 5.16 Å². The fourth-order valence-electron chi connectivity index (χ4n) is 0.947. The number of benzene rings is 1. The minimum atomic E-state index is 0.235. The maximum Gasteiger partial charge on any atom is 0.0761 e. The van der Waals surface area contributed by atoms with Crippen molar-refractivity contribution in [3.63, 3.8) is 0 Å². The summed E-state index contributed by atoms with van der Waals surface area (Å²) in [4.78, 5) is 0. The molecule has 0 radical (unpaired) electrons. The normalized spacial score (nSPS) is 11.7. The van der Waals surface area contributed by atoms with Crippen LogP contribution in [0.25, 0.3) is 0 Å². The van der Waals surface area contributed by atoms with Crippen molar-refractivity contribution in [1.82, 2.24) is 0 Å². The lowest BCUT2D eigenvalue weighted by Gasteiger charge is -2.00. The first-order chi connectivity index (χ1) is 6.26. The van der Waals surface area contributed by atoms with Crippen LogP contribution in [0.3, 0.4) is 0 Å². The van der Waals surface area contributed by atoms with Gasteiger partial charge in [0.2, 0.25) is 0 Å². The average molecular weight is 218 g/mol. The van der Waals surface area contributed by atoms with E-state index in [1.54, 1.807) is 12.1 Å². The Labute approximate surface area is 86.8 Å². The SMILES string of the molecule is ON=C(CCl)Cc1ccc(Cl)cc1. The Morgan fingerprint density at radius 2 is 1.92 bits per heavy atom. The monoisotopic (exact) mass is 217 g/mol. The maximum absolute atomic E-state index is 8.52. The molecule has 0 aliphatic heterocycles. The maximum atomic E-state index is 8.52. The zero-order valence-electron chi connectivity index (χ0n) is 6.87. The number of rotatable bonds is 3. The Kier molecular flexibility index (Phi) is 4.06. The second kappa shape index (κ2) is 5.10. The summed E-state index contributed by atoms with van der Waals surface area (Å²) in [5, 5.41) is 12.3. The molecule has 0 bridgehead atoms. The van der Waals surface area contributed by atoms with E-state index in [0.717, 1.165) is 5.56 Å². The third kappa shape index (κ3) is 3.25. The van der Waals surface area contributed by atoms with Crippen LogP contribution in [0.15, 0.2) is 29.4 Å². The molecule has 0 saturated heterocycles. The Morgan fingerprint density at radius 1 is 1.31 bits per heavy atom. The van der Waals surface area contributed by atoms with E-state index in [9.17, 15) is 0 Å². The zero-order valence-corrected chi connectivity index (χ0v) is 8.39. The van der Waals surface area contributed by atoms with Crippen LogP contribution in [-0.2, 0) is 6.42 Å². The average Bonchev–Trinajstić information content (AvgIpc) is 2.17. The van der Waals surface area contributed by atoms with Crippen molar-refractivity contribution in [2.75, 3.05) is 5.88 Å². The Balaban J connectivity index is 2.69. The molecule has 0 spiro atoms. The van der Waals surface area contributed by atoms with Gasteiger partial charge in [0, 0.05) is 11.4 Å². The molecule has 2 nitrogen and oxygen atoms in total. The number of halogens is 2. The van der Waals surface area contributed by atoms with Gasteiger partial charge in [-0.1, -0.05) is 28.9 Å². The minimum Gasteiger partial charge on any atom is -0.411 e. The van der Waals surface area contributed by atoms with E-state index >= 15 is 0 Å². The van der Waals surface area contributed by atoms with Crippen LogP contribution >= 0.6 is 23.2 Å². The fourth-order valence-corrected chi connectivity index (χ4v) is 1.22. The molecule has 0 aliphatic rings. The molecular weight excluding hydrogens is 209 g/mol. The van der Waals surface area contributed by atoms with E-state index < -0.39 is 0 Å². The van der Waals surface area contributed by atoms with Crippen LogP contribution in [0.1, 0.15) is 5.56 Å². The van der Waals surface area contributed by atoms with Crippen molar-refractivity contribution in [1.29, 1.82) is 0 Å². The second-order valence-electron chi connectivity index (χ2n) is 2.60. The molecule has 0 heterocycles. The molecule has 1 aromatic rings. The molecule has 13 heavy (non-hydrogen) atoms. The van der Waals surface area contributed by atoms with Crippen molar-refractivity contribution in [2.45, 2.75) is 6.42 Å². The summed E-state index contributed by atoms with van der Waals surface area (Å²) >= 11 is 11.2. The van der Waals surface area contributed by atoms with Gasteiger partial charge in [0.1, 0.15) is 0 Å². The molecule has 1 rings (SSSR count). The van der Waals surface area contributed by atoms with Crippen molar-refractivity contribution in [3.05, 3.63) is 34.9 Å². The molecule has 1 N–H and O–H groups in total. The Hall–Kier alpha value is -0.730. The van der Waals surface area contributed by atoms with Crippen molar-refractivity contribution >= 4 is 28.9 Å². The summed E-state index contributed by atoms with van der Waals surface area (Å²) in [5.41, 5.74) is 1.57. The lowest BCUT2D eigenvalue weighted by atomic mass is 10.1. The molecule has 4 heteroatoms. The summed E-state index contributed by atoms with van der Waals surface area (Å²) in [6, 6.07) is 7.33. The second-order valence-corrected chi connectivity index (χ2v) is 3.31. The van der Waals surface area contributed by atoms with Crippen LogP contribution in [0.2, 0.25) is 5.02 Å². The Morgan fingerprint density at radius 3 is 2.38 bits per heavy atom. The highest BCUT2D eigenvalue weighted by molar-refractivity contribution is 6.30. The highest BCUT2D eigenvalue weighted by Gasteiger charge is 2.00. The number of nitrogens with zero attached hydrogens (tertiary/aromatic N) is 1. The van der Waals surface area contributed by atoms with Gasteiger partial charge in [-0.2, -0.15) is 0 Å². The van der Waals surface area contributed by atoms with Gasteiger partial charge in [-0.15, -0.1) is 11.6 Å². The lowest BCUT2D eigenvalue weighted by molar-refractivity contribution is 0.318. The topological polar surface area (TPSA) is 32.6 Å². The molecular formula is C9H9Cl2NO. The van der Waals surface area contributed by atoms with Crippen LogP contribution in [0, 0.1) is 0 Å². The molecule has 0 fully saturated rings. The minimum absolute atomic E-state index is 0.235. The third-order valence-corrected chi connectivity index (χ3v) is 2.18. The van der Waals surface area contributed by atoms with Gasteiger partial charge < -0.3 is 5.21 Å². The zero-order chi connectivity index (χ0) is 9.68. The van der Waals surface area contributed by atoms with Crippen LogP contribution < -0.4 is 0 Å². The smallest absolute Gasteiger partial charge is 0.0761 e. The molecule has 70 valence electrons. The molecule has 0 aromatic heterocycles. The molecule has 0 unspecified atom stereocenters. The largest absolute Gasteiger partial charge is 0.411 e. The summed E-state index contributed by atoms with van der Waals surface area (Å²) in [7, 11) is 0. The van der Waals surface area contributed by atoms with Crippen LogP contribution in [0.4, 0.5) is 0 Å². The number of hydrogen-bond donors (Lipinski definition) is 1. The predicted molar refractivity (Wildman–Crippen MR) is 55.1 cm³/mol. The van der Waals surface area contributed by atoms with E-state index in [1.165, 1.54) is 0 Å². The molecule has 0 saturated carbocycles. The summed E-state index contributed by atoms with van der Waals surface area (Å²) in [6.07, 6.45) is 0.553. The van der Waals surface area contributed by atoms with Crippen LogP contribution in [0.5, 0.6) is 0 Å². The first-order valence-corrected chi connectivity index (χ1v) is 4.67. The van der Waals surface area contributed by atoms with Gasteiger partial charge in [-0.05, 0) is 17.7 Å². The van der Waals surface area contributed by atoms with Gasteiger partial charge in [-0.3, -0.25) is 0 Å². The van der Waals surface area contributed by atoms with Crippen molar-refractivity contribution < 1.29 is 5.21 Å². The number of hydrogen-bond acceptors (Lipinski definition) is 2. The van der Waals surface area contributed by atoms with Gasteiger partial charge >= 0.3 is 0 Å². The molecule has 0 aliphatic carbocycles. The van der Waals surface area contributed by atoms with E-state index in [2.05, 4.69) is 5.16 Å². The van der Waals surface area contributed by atoms with E-state index in [1.807, 2.05) is 12.1 Å². The first-order valence-electron chi connectivity index (χ1n) is 3.76. The standard InChI is InChI=1S/C9H9Cl2NO/c10-6-9(12-13)5-7-1-3-8(11)4-2-7/h1-4,13H,5-6H2. The summed E-state index contributed by atoms with van der Waals surface area (Å²) < 4.78 is 0. The Bertz CT molecular complexity index is 295. The number of alkyl halides is 1. The van der Waals surface area contributed by atoms with E-state index in [4.69, 9.17) is 28.4 Å². The molecule has 0 atom stereocenters. The fraction of sp³-hybridized carbons (Fsp3) is 0.222. The van der Waals surface area contributed by atoms with E-state index in [-0.39, 0.29) is 5.88 Å². The van der Waals surface area contributed by atoms with Gasteiger partial charge in [-0.25, -0.2) is 0 Å². The van der Waals surface area contributed by atoms with E-state index in [0.29, 0.717) is 17.2 Å². The molecule has 0 amide bonds. The van der Waals surface area contributed by atoms with Gasteiger partial charge in [0.25, 0.3) is 0 Å². The lowest BCUT2D eigenvalue weighted by Crippen LogP contribution is -2.04. The predicted octanol–water partition coefficient (Wildman–Crippen LogP) is 2.95. The van der Waals surface area contributed by atoms with Crippen LogP contribution in [-0.4, -0.2) is 16.8 Å². The first kappa shape index (κ1) is 10.4. The van der Waals surface area contributed by atoms with Gasteiger partial charge in [0.05, 0.1) is 11.6 Å². The molecule has 1 aromatic carbocycles. The third-order valence-electron chi connectivity index (χ3n) is 1.62. The number of oxime groups is 1. The van der Waals surface area contributed by atoms with Crippen molar-refractivity contribution in [3.8, 4) is 0 Å². The highest BCUT2D eigenvalue weighted by atomic mass is 35.5. The highest BCUT2D eigenvalue weighted by Crippen LogP contribution is 2.10. The summed E-state index contributed by atoms with van der Waals surface area (Å²) in [5.74, 6) is 0.235. The quantitative estimate of drug-likeness (QED) is 0.359. The van der Waals surface area contributed by atoms with Gasteiger partial charge in [0.15, 0.2) is 0 Å². The summed E-state index contributed by atoms with van der Waals surface area (Å²) in [6.45, 7) is 0.